The van der Waals surface area contributed by atoms with E-state index in [1.54, 1.807) is 0 Å². The minimum atomic E-state index is -3.65. The van der Waals surface area contributed by atoms with Gasteiger partial charge in [0.15, 0.2) is 0 Å². The van der Waals surface area contributed by atoms with E-state index in [1.807, 2.05) is 4.90 Å². The molecule has 0 aliphatic carbocycles. The summed E-state index contributed by atoms with van der Waals surface area (Å²) in [5.74, 6) is -0.387. The number of aromatic nitrogens is 1. The van der Waals surface area contributed by atoms with Crippen LogP contribution in [0.5, 0.6) is 0 Å². The van der Waals surface area contributed by atoms with Crippen LogP contribution >= 0.6 is 0 Å². The molecule has 8 nitrogen and oxygen atoms in total. The van der Waals surface area contributed by atoms with E-state index in [0.717, 1.165) is 0 Å². The molecule has 4 N–H and O–H groups in total. The lowest BCUT2D eigenvalue weighted by Crippen LogP contribution is -2.46. The van der Waals surface area contributed by atoms with E-state index in [0.29, 0.717) is 25.9 Å². The summed E-state index contributed by atoms with van der Waals surface area (Å²) in [7, 11) is -3.65. The maximum Gasteiger partial charge on any atom is 0.247 e. The van der Waals surface area contributed by atoms with Crippen LogP contribution in [-0.4, -0.2) is 49.9 Å². The number of hydrogen-bond donors (Lipinski definition) is 3. The van der Waals surface area contributed by atoms with Crippen molar-refractivity contribution in [3.8, 4) is 0 Å². The van der Waals surface area contributed by atoms with Gasteiger partial charge < -0.3 is 10.7 Å². The molecular weight excluding hydrogens is 296 g/mol. The smallest absolute Gasteiger partial charge is 0.247 e. The Morgan fingerprint density at radius 2 is 2.05 bits per heavy atom. The van der Waals surface area contributed by atoms with E-state index in [9.17, 15) is 18.0 Å². The fraction of sp³-hybridized carbons (Fsp3) is 0.500. The molecule has 1 fully saturated rings. The van der Waals surface area contributed by atoms with Crippen molar-refractivity contribution in [1.29, 1.82) is 0 Å². The molecule has 0 saturated carbocycles. The van der Waals surface area contributed by atoms with Crippen molar-refractivity contribution in [2.45, 2.75) is 23.8 Å². The van der Waals surface area contributed by atoms with Gasteiger partial charge in [-0.2, -0.15) is 0 Å². The Morgan fingerprint density at radius 1 is 1.38 bits per heavy atom. The normalized spacial score (nSPS) is 17.7. The largest absolute Gasteiger partial charge is 0.369 e. The van der Waals surface area contributed by atoms with Crippen LogP contribution in [-0.2, 0) is 14.8 Å². The summed E-state index contributed by atoms with van der Waals surface area (Å²) in [6.07, 6.45) is 2.39. The third kappa shape index (κ3) is 4.38. The highest BCUT2D eigenvalue weighted by molar-refractivity contribution is 7.89. The summed E-state index contributed by atoms with van der Waals surface area (Å²) in [5, 5.41) is 0. The average Bonchev–Trinajstić information content (AvgIpc) is 2.40. The lowest BCUT2D eigenvalue weighted by atomic mass is 10.1. The number of amides is 1. The summed E-state index contributed by atoms with van der Waals surface area (Å²) >= 11 is 0. The minimum absolute atomic E-state index is 0.0293. The molecule has 21 heavy (non-hydrogen) atoms. The second-order valence-electron chi connectivity index (χ2n) is 5.03. The van der Waals surface area contributed by atoms with Crippen molar-refractivity contribution in [3.63, 3.8) is 0 Å². The standard InChI is InChI=1S/C12H18N4O4S/c13-11(17)8-16-5-3-9(4-6-16)15-21(19,20)10-1-2-12(18)14-7-10/h1-2,7,9,15H,3-6,8H2,(H2,13,17)(H,14,18). The van der Waals surface area contributed by atoms with E-state index >= 15 is 0 Å². The molecule has 2 rings (SSSR count). The summed E-state index contributed by atoms with van der Waals surface area (Å²) in [5.41, 5.74) is 4.77. The second kappa shape index (κ2) is 6.37. The number of nitrogens with one attached hydrogen (secondary N) is 2. The number of sulfonamides is 1. The molecule has 0 radical (unpaired) electrons. The molecule has 0 unspecified atom stereocenters. The van der Waals surface area contributed by atoms with Crippen molar-refractivity contribution < 1.29 is 13.2 Å². The van der Waals surface area contributed by atoms with Gasteiger partial charge in [0.1, 0.15) is 0 Å². The Labute approximate surface area is 122 Å². The second-order valence-corrected chi connectivity index (χ2v) is 6.74. The zero-order chi connectivity index (χ0) is 15.5. The molecule has 1 amide bonds. The third-order valence-corrected chi connectivity index (χ3v) is 4.87. The Bertz CT molecular complexity index is 642. The number of primary amides is 1. The van der Waals surface area contributed by atoms with Crippen molar-refractivity contribution >= 4 is 15.9 Å². The Hall–Kier alpha value is -1.71. The third-order valence-electron chi connectivity index (χ3n) is 3.35. The fourth-order valence-corrected chi connectivity index (χ4v) is 3.55. The van der Waals surface area contributed by atoms with Gasteiger partial charge in [0.25, 0.3) is 0 Å². The first-order valence-electron chi connectivity index (χ1n) is 6.58. The van der Waals surface area contributed by atoms with Gasteiger partial charge in [-0.25, -0.2) is 13.1 Å². The summed E-state index contributed by atoms with van der Waals surface area (Å²) < 4.78 is 26.9. The average molecular weight is 314 g/mol. The molecule has 1 saturated heterocycles. The SMILES string of the molecule is NC(=O)CN1CCC(NS(=O)(=O)c2ccc(=O)[nH]c2)CC1. The van der Waals surface area contributed by atoms with Gasteiger partial charge in [-0.3, -0.25) is 14.5 Å². The first-order chi connectivity index (χ1) is 9.87. The van der Waals surface area contributed by atoms with Gasteiger partial charge in [-0.15, -0.1) is 0 Å². The minimum Gasteiger partial charge on any atom is -0.369 e. The number of H-pyrrole nitrogens is 1. The Kier molecular flexibility index (Phi) is 4.76. The van der Waals surface area contributed by atoms with E-state index in [4.69, 9.17) is 5.73 Å². The highest BCUT2D eigenvalue weighted by Crippen LogP contribution is 2.13. The highest BCUT2D eigenvalue weighted by Gasteiger charge is 2.25. The lowest BCUT2D eigenvalue weighted by molar-refractivity contribution is -0.119. The van der Waals surface area contributed by atoms with Gasteiger partial charge >= 0.3 is 0 Å². The van der Waals surface area contributed by atoms with Crippen molar-refractivity contribution in [3.05, 3.63) is 28.7 Å². The van der Waals surface area contributed by atoms with E-state index in [-0.39, 0.29) is 28.9 Å². The van der Waals surface area contributed by atoms with E-state index < -0.39 is 10.0 Å². The van der Waals surface area contributed by atoms with E-state index in [2.05, 4.69) is 9.71 Å². The van der Waals surface area contributed by atoms with Crippen LogP contribution in [0.15, 0.2) is 28.0 Å². The van der Waals surface area contributed by atoms with Crippen molar-refractivity contribution in [2.75, 3.05) is 19.6 Å². The zero-order valence-corrected chi connectivity index (χ0v) is 12.2. The monoisotopic (exact) mass is 314 g/mol. The fourth-order valence-electron chi connectivity index (χ4n) is 2.28. The number of rotatable bonds is 5. The Balaban J connectivity index is 1.95. The number of carbonyl (C=O) groups excluding carboxylic acids is 1. The number of pyridine rings is 1. The predicted octanol–water partition coefficient (Wildman–Crippen LogP) is -1.40. The molecule has 0 spiro atoms. The van der Waals surface area contributed by atoms with Crippen molar-refractivity contribution in [1.82, 2.24) is 14.6 Å². The first kappa shape index (κ1) is 15.7. The number of hydrogen-bond acceptors (Lipinski definition) is 5. The highest BCUT2D eigenvalue weighted by atomic mass is 32.2. The molecule has 0 bridgehead atoms. The molecule has 1 aliphatic heterocycles. The number of piperidine rings is 1. The maximum atomic E-state index is 12.2. The predicted molar refractivity (Wildman–Crippen MR) is 76.0 cm³/mol. The van der Waals surface area contributed by atoms with Crippen LogP contribution in [0, 0.1) is 0 Å². The van der Waals surface area contributed by atoms with Crippen LogP contribution in [0.2, 0.25) is 0 Å². The molecule has 2 heterocycles. The number of aromatic amines is 1. The van der Waals surface area contributed by atoms with Gasteiger partial charge in [-0.05, 0) is 18.9 Å². The summed E-state index contributed by atoms with van der Waals surface area (Å²) in [6.45, 7) is 1.42. The number of nitrogens with two attached hydrogens (primary N) is 1. The molecule has 116 valence electrons. The molecule has 1 aliphatic rings. The van der Waals surface area contributed by atoms with E-state index in [1.165, 1.54) is 18.3 Å². The van der Waals surface area contributed by atoms with Gasteiger partial charge in [0.05, 0.1) is 11.4 Å². The zero-order valence-electron chi connectivity index (χ0n) is 11.4. The van der Waals surface area contributed by atoms with Crippen LogP contribution in [0.4, 0.5) is 0 Å². The molecular formula is C12H18N4O4S. The molecule has 0 aromatic carbocycles. The van der Waals surface area contributed by atoms with Crippen LogP contribution in [0.25, 0.3) is 0 Å². The lowest BCUT2D eigenvalue weighted by Gasteiger charge is -2.31. The molecule has 1 aromatic rings. The van der Waals surface area contributed by atoms with Gasteiger partial charge in [0.2, 0.25) is 21.5 Å². The molecule has 9 heteroatoms. The topological polar surface area (TPSA) is 125 Å². The van der Waals surface area contributed by atoms with Crippen LogP contribution < -0.4 is 16.0 Å². The maximum absolute atomic E-state index is 12.2. The molecule has 1 aromatic heterocycles. The van der Waals surface area contributed by atoms with Gasteiger partial charge in [-0.1, -0.05) is 0 Å². The Morgan fingerprint density at radius 3 is 2.57 bits per heavy atom. The van der Waals surface area contributed by atoms with Crippen LogP contribution in [0.3, 0.4) is 0 Å². The summed E-state index contributed by atoms with van der Waals surface area (Å²) in [6, 6.07) is 2.25. The number of carbonyl (C=O) groups is 1. The van der Waals surface area contributed by atoms with Crippen LogP contribution in [0.1, 0.15) is 12.8 Å². The number of likely N-dealkylation sites (tertiary alicyclic amines) is 1. The first-order valence-corrected chi connectivity index (χ1v) is 8.07. The quantitative estimate of drug-likeness (QED) is 0.616. The number of nitrogens with zero attached hydrogens (tertiary/aromatic N) is 1. The molecule has 0 atom stereocenters. The summed E-state index contributed by atoms with van der Waals surface area (Å²) in [4.78, 5) is 26.0. The van der Waals surface area contributed by atoms with Gasteiger partial charge in [0, 0.05) is 31.4 Å². The van der Waals surface area contributed by atoms with Crippen molar-refractivity contribution in [2.24, 2.45) is 5.73 Å².